The Morgan fingerprint density at radius 3 is 2.67 bits per heavy atom. The minimum absolute atomic E-state index is 0.0681. The summed E-state index contributed by atoms with van der Waals surface area (Å²) in [5, 5.41) is 1.51. The average Bonchev–Trinajstić information content (AvgIpc) is 2.51. The molecule has 64 valence electrons. The molecule has 0 saturated carbocycles. The van der Waals surface area contributed by atoms with Crippen molar-refractivity contribution in [3.8, 4) is 0 Å². The van der Waals surface area contributed by atoms with E-state index in [1.54, 1.807) is 0 Å². The molecule has 1 heterocycles. The molecule has 5 N–H and O–H groups in total. The van der Waals surface area contributed by atoms with Crippen molar-refractivity contribution in [2.75, 3.05) is 0 Å². The number of hydrogen-bond acceptors (Lipinski definition) is 5. The first-order valence-electron chi connectivity index (χ1n) is 2.91. The van der Waals surface area contributed by atoms with Crippen molar-refractivity contribution >= 4 is 23.2 Å². The summed E-state index contributed by atoms with van der Waals surface area (Å²) in [7, 11) is 0. The molecule has 0 aliphatic heterocycles. The van der Waals surface area contributed by atoms with Crippen LogP contribution >= 0.6 is 11.3 Å². The lowest BCUT2D eigenvalue weighted by atomic mass is 10.5. The summed E-state index contributed by atoms with van der Waals surface area (Å²) in [5.74, 6) is 3.64. The van der Waals surface area contributed by atoms with Crippen LogP contribution in [0.15, 0.2) is 5.38 Å². The monoisotopic (exact) mass is 186 g/mol. The van der Waals surface area contributed by atoms with E-state index in [9.17, 15) is 9.59 Å². The first-order chi connectivity index (χ1) is 5.65. The number of primary amides is 1. The van der Waals surface area contributed by atoms with E-state index in [2.05, 4.69) is 4.98 Å². The Hall–Kier alpha value is -1.47. The molecule has 7 heteroatoms. The molecule has 0 fully saturated rings. The number of hydrogen-bond donors (Lipinski definition) is 3. The van der Waals surface area contributed by atoms with Gasteiger partial charge in [-0.3, -0.25) is 15.0 Å². The lowest BCUT2D eigenvalue weighted by Crippen LogP contribution is -2.30. The predicted octanol–water partition coefficient (Wildman–Crippen LogP) is -1.15. The zero-order valence-electron chi connectivity index (χ0n) is 5.90. The summed E-state index contributed by atoms with van der Waals surface area (Å²) in [4.78, 5) is 25.0. The fourth-order valence-electron chi connectivity index (χ4n) is 0.553. The van der Waals surface area contributed by atoms with Crippen molar-refractivity contribution in [1.29, 1.82) is 0 Å². The van der Waals surface area contributed by atoms with Gasteiger partial charge in [-0.2, -0.15) is 0 Å². The maximum absolute atomic E-state index is 10.8. The van der Waals surface area contributed by atoms with Crippen molar-refractivity contribution in [2.45, 2.75) is 0 Å². The molecular formula is C5H6N4O2S. The first kappa shape index (κ1) is 8.62. The van der Waals surface area contributed by atoms with Gasteiger partial charge in [0, 0.05) is 5.38 Å². The number of carbonyl (C=O) groups is 2. The van der Waals surface area contributed by atoms with Gasteiger partial charge in [0.25, 0.3) is 11.8 Å². The molecule has 0 aliphatic rings. The van der Waals surface area contributed by atoms with Gasteiger partial charge < -0.3 is 5.73 Å². The molecule has 0 spiro atoms. The molecule has 0 aliphatic carbocycles. The molecular weight excluding hydrogens is 180 g/mol. The molecule has 0 aromatic carbocycles. The molecule has 0 unspecified atom stereocenters. The van der Waals surface area contributed by atoms with Crippen LogP contribution in [0.1, 0.15) is 20.3 Å². The van der Waals surface area contributed by atoms with Crippen LogP contribution in [0, 0.1) is 0 Å². The Kier molecular flexibility index (Phi) is 2.36. The molecule has 2 amide bonds. The van der Waals surface area contributed by atoms with Crippen LogP contribution in [0.25, 0.3) is 0 Å². The molecule has 6 nitrogen and oxygen atoms in total. The normalized spacial score (nSPS) is 9.42. The average molecular weight is 186 g/mol. The lowest BCUT2D eigenvalue weighted by molar-refractivity contribution is 0.0953. The summed E-state index contributed by atoms with van der Waals surface area (Å²) in [5.41, 5.74) is 6.87. The summed E-state index contributed by atoms with van der Waals surface area (Å²) in [6, 6.07) is 0. The topological polar surface area (TPSA) is 111 Å². The highest BCUT2D eigenvalue weighted by atomic mass is 32.1. The van der Waals surface area contributed by atoms with Crippen molar-refractivity contribution in [3.05, 3.63) is 16.1 Å². The standard InChI is InChI=1S/C5H6N4O2S/c6-3(10)2-1-12-5(8-2)4(11)9-7/h1H,7H2,(H2,6,10)(H,9,11). The molecule has 0 atom stereocenters. The maximum atomic E-state index is 10.8. The van der Waals surface area contributed by atoms with Crippen molar-refractivity contribution in [3.63, 3.8) is 0 Å². The second kappa shape index (κ2) is 3.28. The molecule has 1 rings (SSSR count). The number of nitrogens with one attached hydrogen (secondary N) is 1. The second-order valence-electron chi connectivity index (χ2n) is 1.88. The van der Waals surface area contributed by atoms with Crippen molar-refractivity contribution in [2.24, 2.45) is 11.6 Å². The number of thiazole rings is 1. The summed E-state index contributed by atoms with van der Waals surface area (Å²) >= 11 is 1.01. The van der Waals surface area contributed by atoms with Crippen LogP contribution in [0.2, 0.25) is 0 Å². The fourth-order valence-corrected chi connectivity index (χ4v) is 1.26. The van der Waals surface area contributed by atoms with E-state index in [0.29, 0.717) is 0 Å². The van der Waals surface area contributed by atoms with E-state index in [4.69, 9.17) is 11.6 Å². The molecule has 12 heavy (non-hydrogen) atoms. The number of rotatable bonds is 2. The number of nitrogens with zero attached hydrogens (tertiary/aromatic N) is 1. The third-order valence-corrected chi connectivity index (χ3v) is 1.92. The van der Waals surface area contributed by atoms with E-state index in [1.165, 1.54) is 5.38 Å². The smallest absolute Gasteiger partial charge is 0.294 e. The van der Waals surface area contributed by atoms with Crippen LogP contribution in [0.3, 0.4) is 0 Å². The van der Waals surface area contributed by atoms with Gasteiger partial charge >= 0.3 is 0 Å². The third kappa shape index (κ3) is 1.57. The van der Waals surface area contributed by atoms with E-state index in [0.717, 1.165) is 11.3 Å². The van der Waals surface area contributed by atoms with Crippen LogP contribution in [-0.4, -0.2) is 16.8 Å². The van der Waals surface area contributed by atoms with E-state index in [1.807, 2.05) is 5.43 Å². The Morgan fingerprint density at radius 2 is 2.25 bits per heavy atom. The van der Waals surface area contributed by atoms with Crippen molar-refractivity contribution < 1.29 is 9.59 Å². The van der Waals surface area contributed by atoms with Gasteiger partial charge in [-0.1, -0.05) is 0 Å². The van der Waals surface area contributed by atoms with Gasteiger partial charge in [0.2, 0.25) is 0 Å². The van der Waals surface area contributed by atoms with E-state index in [-0.39, 0.29) is 10.7 Å². The molecule has 0 radical (unpaired) electrons. The van der Waals surface area contributed by atoms with Crippen LogP contribution in [0.5, 0.6) is 0 Å². The number of aromatic nitrogens is 1. The summed E-state index contributed by atoms with van der Waals surface area (Å²) in [6.45, 7) is 0. The highest BCUT2D eigenvalue weighted by Gasteiger charge is 2.11. The number of nitrogens with two attached hydrogens (primary N) is 2. The SMILES string of the molecule is NNC(=O)c1nc(C(N)=O)cs1. The molecule has 1 aromatic heterocycles. The minimum atomic E-state index is -0.665. The first-order valence-corrected chi connectivity index (χ1v) is 3.79. The number of hydrazine groups is 1. The highest BCUT2D eigenvalue weighted by molar-refractivity contribution is 7.11. The van der Waals surface area contributed by atoms with E-state index < -0.39 is 11.8 Å². The van der Waals surface area contributed by atoms with Gasteiger partial charge in [0.05, 0.1) is 0 Å². The molecule has 1 aromatic rings. The van der Waals surface area contributed by atoms with Gasteiger partial charge in [-0.05, 0) is 0 Å². The lowest BCUT2D eigenvalue weighted by Gasteiger charge is -1.90. The zero-order chi connectivity index (χ0) is 9.14. The number of nitrogen functional groups attached to an aromatic ring is 1. The van der Waals surface area contributed by atoms with Gasteiger partial charge in [-0.15, -0.1) is 11.3 Å². The Balaban J connectivity index is 2.91. The van der Waals surface area contributed by atoms with Crippen LogP contribution < -0.4 is 17.0 Å². The maximum Gasteiger partial charge on any atom is 0.294 e. The predicted molar refractivity (Wildman–Crippen MR) is 42.3 cm³/mol. The minimum Gasteiger partial charge on any atom is -0.364 e. The Morgan fingerprint density at radius 1 is 1.58 bits per heavy atom. The number of carbonyl (C=O) groups excluding carboxylic acids is 2. The molecule has 0 saturated heterocycles. The quantitative estimate of drug-likeness (QED) is 0.307. The van der Waals surface area contributed by atoms with Gasteiger partial charge in [0.15, 0.2) is 5.01 Å². The van der Waals surface area contributed by atoms with Crippen LogP contribution in [0.4, 0.5) is 0 Å². The Bertz CT molecular complexity index is 321. The summed E-state index contributed by atoms with van der Waals surface area (Å²) in [6.07, 6.45) is 0. The largest absolute Gasteiger partial charge is 0.364 e. The number of amides is 2. The van der Waals surface area contributed by atoms with Gasteiger partial charge in [0.1, 0.15) is 5.69 Å². The fraction of sp³-hybridized carbons (Fsp3) is 0. The summed E-state index contributed by atoms with van der Waals surface area (Å²) < 4.78 is 0. The zero-order valence-corrected chi connectivity index (χ0v) is 6.72. The van der Waals surface area contributed by atoms with Crippen molar-refractivity contribution in [1.82, 2.24) is 10.4 Å². The highest BCUT2D eigenvalue weighted by Crippen LogP contribution is 2.08. The second-order valence-corrected chi connectivity index (χ2v) is 2.73. The third-order valence-electron chi connectivity index (χ3n) is 1.08. The van der Waals surface area contributed by atoms with Crippen LogP contribution in [-0.2, 0) is 0 Å². The molecule has 0 bridgehead atoms. The van der Waals surface area contributed by atoms with Gasteiger partial charge in [-0.25, -0.2) is 10.8 Å². The van der Waals surface area contributed by atoms with E-state index >= 15 is 0 Å². The Labute approximate surface area is 71.5 Å².